The summed E-state index contributed by atoms with van der Waals surface area (Å²) < 4.78 is 11.5. The van der Waals surface area contributed by atoms with Crippen molar-refractivity contribution in [3.8, 4) is 11.6 Å². The maximum atomic E-state index is 12.8. The van der Waals surface area contributed by atoms with Gasteiger partial charge in [0, 0.05) is 17.0 Å². The van der Waals surface area contributed by atoms with Crippen molar-refractivity contribution in [2.24, 2.45) is 5.92 Å². The third-order valence-electron chi connectivity index (χ3n) is 5.44. The number of rotatable bonds is 7. The highest BCUT2D eigenvalue weighted by molar-refractivity contribution is 7.99. The summed E-state index contributed by atoms with van der Waals surface area (Å²) in [6, 6.07) is 7.45. The smallest absolute Gasteiger partial charge is 0.341 e. The summed E-state index contributed by atoms with van der Waals surface area (Å²) in [5.41, 5.74) is 3.19. The number of hydrogen-bond acceptors (Lipinski definition) is 8. The predicted octanol–water partition coefficient (Wildman–Crippen LogP) is 3.43. The number of carbonyl (C=O) groups is 2. The van der Waals surface area contributed by atoms with Gasteiger partial charge in [0.15, 0.2) is 5.95 Å². The van der Waals surface area contributed by atoms with Gasteiger partial charge < -0.3 is 19.7 Å². The van der Waals surface area contributed by atoms with E-state index in [1.165, 1.54) is 16.0 Å². The average molecular weight is 488 g/mol. The van der Waals surface area contributed by atoms with Gasteiger partial charge in [0.25, 0.3) is 5.03 Å². The van der Waals surface area contributed by atoms with Gasteiger partial charge in [0.1, 0.15) is 5.00 Å². The van der Waals surface area contributed by atoms with Crippen molar-refractivity contribution in [2.45, 2.75) is 45.1 Å². The highest BCUT2D eigenvalue weighted by atomic mass is 32.2. The molecule has 8 nitrogen and oxygen atoms in total. The van der Waals surface area contributed by atoms with E-state index >= 15 is 0 Å². The van der Waals surface area contributed by atoms with Gasteiger partial charge in [0.05, 0.1) is 23.2 Å². The Morgan fingerprint density at radius 1 is 1.36 bits per heavy atom. The Balaban J connectivity index is 1.51. The quantitative estimate of drug-likeness (QED) is 0.309. The second kappa shape index (κ2) is 9.96. The fourth-order valence-electron chi connectivity index (χ4n) is 3.77. The number of aromatic nitrogens is 2. The summed E-state index contributed by atoms with van der Waals surface area (Å²) in [6.07, 6.45) is 2.68. The number of nitrogens with zero attached hydrogens (tertiary/aromatic N) is 2. The van der Waals surface area contributed by atoms with Crippen LogP contribution in [0.25, 0.3) is 5.69 Å². The molecule has 0 fully saturated rings. The first kappa shape index (κ1) is 23.3. The van der Waals surface area contributed by atoms with Crippen LogP contribution < -0.4 is 15.1 Å². The number of benzene rings is 1. The van der Waals surface area contributed by atoms with Crippen LogP contribution in [0.15, 0.2) is 33.8 Å². The first-order valence-electron chi connectivity index (χ1n) is 10.8. The highest BCUT2D eigenvalue weighted by Crippen LogP contribution is 2.40. The van der Waals surface area contributed by atoms with Crippen molar-refractivity contribution in [2.75, 3.05) is 17.7 Å². The number of fused-ring (bicyclic) bond motifs is 1. The number of ether oxygens (including phenoxy) is 1. The second-order valence-electron chi connectivity index (χ2n) is 8.03. The Morgan fingerprint density at radius 3 is 2.85 bits per heavy atom. The van der Waals surface area contributed by atoms with E-state index in [4.69, 9.17) is 9.26 Å². The minimum atomic E-state index is -0.610. The predicted molar refractivity (Wildman–Crippen MR) is 123 cm³/mol. The number of carbonyl (C=O) groups excluding carboxylic acids is 2. The lowest BCUT2D eigenvalue weighted by Crippen LogP contribution is -2.35. The maximum Gasteiger partial charge on any atom is 0.341 e. The maximum absolute atomic E-state index is 12.8. The molecule has 0 radical (unpaired) electrons. The number of anilines is 1. The Hall–Kier alpha value is -2.85. The third kappa shape index (κ3) is 5.06. The van der Waals surface area contributed by atoms with E-state index < -0.39 is 11.9 Å². The fourth-order valence-corrected chi connectivity index (χ4v) is 5.94. The number of hydrogen-bond donors (Lipinski definition) is 1. The minimum absolute atomic E-state index is 0.0381. The van der Waals surface area contributed by atoms with Crippen LogP contribution in [-0.2, 0) is 22.4 Å². The van der Waals surface area contributed by atoms with Crippen LogP contribution in [0.4, 0.5) is 5.00 Å². The van der Waals surface area contributed by atoms with E-state index in [1.807, 2.05) is 31.2 Å². The summed E-state index contributed by atoms with van der Waals surface area (Å²) in [5, 5.41) is 19.6. The van der Waals surface area contributed by atoms with E-state index in [9.17, 15) is 14.7 Å². The molecule has 2 heterocycles. The van der Waals surface area contributed by atoms with Crippen LogP contribution in [0.1, 0.15) is 46.6 Å². The number of thiophene rings is 1. The van der Waals surface area contributed by atoms with Crippen molar-refractivity contribution >= 4 is 40.0 Å². The van der Waals surface area contributed by atoms with E-state index in [0.29, 0.717) is 22.2 Å². The van der Waals surface area contributed by atoms with E-state index in [2.05, 4.69) is 17.5 Å². The van der Waals surface area contributed by atoms with Gasteiger partial charge >= 0.3 is 5.97 Å². The van der Waals surface area contributed by atoms with Crippen LogP contribution in [0.5, 0.6) is 5.95 Å². The number of amides is 1. The Bertz CT molecular complexity index is 1170. The van der Waals surface area contributed by atoms with Gasteiger partial charge in [-0.05, 0) is 61.0 Å². The first-order chi connectivity index (χ1) is 15.9. The zero-order valence-electron chi connectivity index (χ0n) is 18.7. The zero-order valence-corrected chi connectivity index (χ0v) is 20.3. The van der Waals surface area contributed by atoms with E-state index in [-0.39, 0.29) is 23.3 Å². The highest BCUT2D eigenvalue weighted by Gasteiger charge is 2.29. The fraction of sp³-hybridized carbons (Fsp3) is 0.391. The summed E-state index contributed by atoms with van der Waals surface area (Å²) in [5.74, 6) is -0.851. The molecule has 4 rings (SSSR count). The van der Waals surface area contributed by atoms with Crippen molar-refractivity contribution in [1.82, 2.24) is 5.27 Å². The van der Waals surface area contributed by atoms with Crippen LogP contribution in [0.3, 0.4) is 0 Å². The largest absolute Gasteiger partial charge is 0.538 e. The van der Waals surface area contributed by atoms with Gasteiger partial charge in [-0.2, -0.15) is 0 Å². The molecule has 1 aromatic carbocycles. The molecule has 0 spiro atoms. The van der Waals surface area contributed by atoms with Crippen LogP contribution in [-0.4, -0.2) is 29.5 Å². The number of nitrogens with one attached hydrogen (secondary N) is 1. The van der Waals surface area contributed by atoms with Crippen molar-refractivity contribution in [3.05, 3.63) is 45.8 Å². The minimum Gasteiger partial charge on any atom is -0.538 e. The molecule has 1 unspecified atom stereocenters. The van der Waals surface area contributed by atoms with Crippen molar-refractivity contribution in [3.63, 3.8) is 0 Å². The standard InChI is InChI=1S/C23H25N3O5S2/c1-4-30-22(28)19-16-10-7-14(3)11-17(16)33-20(19)24-18(27)12-32-21-23(29)31-25-26(21)15-8-5-13(2)6-9-15/h5-6,8-9,14H,4,7,10-12H2,1-3H3,(H-,24,25,27,28,29). The van der Waals surface area contributed by atoms with Gasteiger partial charge in [-0.25, -0.2) is 4.79 Å². The number of thioether (sulfide) groups is 1. The number of esters is 1. The van der Waals surface area contributed by atoms with Crippen molar-refractivity contribution in [1.29, 1.82) is 0 Å². The molecule has 174 valence electrons. The lowest BCUT2D eigenvalue weighted by Gasteiger charge is -2.18. The van der Waals surface area contributed by atoms with Crippen LogP contribution in [0.2, 0.25) is 0 Å². The van der Waals surface area contributed by atoms with Gasteiger partial charge in [-0.1, -0.05) is 24.6 Å². The Morgan fingerprint density at radius 2 is 2.12 bits per heavy atom. The summed E-state index contributed by atoms with van der Waals surface area (Å²) in [7, 11) is 0. The zero-order chi connectivity index (χ0) is 23.5. The normalized spacial score (nSPS) is 15.2. The lowest BCUT2D eigenvalue weighted by molar-refractivity contribution is -0.705. The summed E-state index contributed by atoms with van der Waals surface area (Å²) in [4.78, 5) is 26.5. The molecule has 3 aromatic rings. The topological polar surface area (TPSA) is 108 Å². The van der Waals surface area contributed by atoms with Crippen LogP contribution >= 0.6 is 23.1 Å². The molecule has 0 bridgehead atoms. The molecule has 1 amide bonds. The van der Waals surface area contributed by atoms with E-state index in [0.717, 1.165) is 47.0 Å². The van der Waals surface area contributed by atoms with E-state index in [1.54, 1.807) is 6.92 Å². The summed E-state index contributed by atoms with van der Waals surface area (Å²) in [6.45, 7) is 6.17. The molecule has 0 aliphatic heterocycles. The van der Waals surface area contributed by atoms with Crippen molar-refractivity contribution < 1.29 is 28.6 Å². The second-order valence-corrected chi connectivity index (χ2v) is 10.1. The Kier molecular flexibility index (Phi) is 7.04. The Labute approximate surface area is 199 Å². The molecule has 0 saturated carbocycles. The molecular weight excluding hydrogens is 462 g/mol. The average Bonchev–Trinajstić information content (AvgIpc) is 3.32. The molecule has 2 aromatic heterocycles. The monoisotopic (exact) mass is 487 g/mol. The molecule has 1 aliphatic rings. The molecule has 1 aliphatic carbocycles. The molecule has 10 heteroatoms. The molecule has 33 heavy (non-hydrogen) atoms. The molecule has 1 atom stereocenters. The first-order valence-corrected chi connectivity index (χ1v) is 12.6. The third-order valence-corrected chi connectivity index (χ3v) is 7.62. The van der Waals surface area contributed by atoms with Gasteiger partial charge in [-0.15, -0.1) is 11.3 Å². The SMILES string of the molecule is CCOC(=O)c1c(NC(=O)CSc2c([O-])on[n+]2-c2ccc(C)cc2)sc2c1CCC(C)C2. The molecule has 1 N–H and O–H groups in total. The number of aryl methyl sites for hydroxylation is 1. The molecular formula is C23H25N3O5S2. The van der Waals surface area contributed by atoms with Gasteiger partial charge in [0.2, 0.25) is 11.6 Å². The van der Waals surface area contributed by atoms with Gasteiger partial charge in [-0.3, -0.25) is 4.79 Å². The molecule has 0 saturated heterocycles. The lowest BCUT2D eigenvalue weighted by atomic mass is 9.88. The van der Waals surface area contributed by atoms with Crippen LogP contribution in [0, 0.1) is 12.8 Å². The summed E-state index contributed by atoms with van der Waals surface area (Å²) >= 11 is 2.47.